The van der Waals surface area contributed by atoms with E-state index in [1.807, 2.05) is 0 Å². The first-order chi connectivity index (χ1) is 14.2. The van der Waals surface area contributed by atoms with Crippen LogP contribution in [0.15, 0.2) is 36.4 Å². The molecule has 0 aliphatic carbocycles. The standard InChI is InChI=1S/C24H31N3OS/c1-18-14-22-23(15-19(18)2)29-24(26-22)25-10-7-13-28-21-9-6-8-20(16-21)17-27-11-4-3-5-12-27/h6,8-9,14-16H,3-5,7,10-13,17H2,1-2H3,(H,25,26). The van der Waals surface area contributed by atoms with Crippen molar-refractivity contribution in [2.75, 3.05) is 31.6 Å². The molecule has 1 saturated heterocycles. The highest BCUT2D eigenvalue weighted by Crippen LogP contribution is 2.28. The second-order valence-corrected chi connectivity index (χ2v) is 9.07. The zero-order chi connectivity index (χ0) is 20.1. The van der Waals surface area contributed by atoms with Crippen LogP contribution < -0.4 is 10.1 Å². The van der Waals surface area contributed by atoms with Crippen LogP contribution in [0.5, 0.6) is 5.75 Å². The van der Waals surface area contributed by atoms with Gasteiger partial charge < -0.3 is 10.1 Å². The lowest BCUT2D eigenvalue weighted by Gasteiger charge is -2.26. The lowest BCUT2D eigenvalue weighted by Crippen LogP contribution is -2.29. The summed E-state index contributed by atoms with van der Waals surface area (Å²) in [5.41, 5.74) is 5.05. The number of likely N-dealkylation sites (tertiary alicyclic amines) is 1. The molecule has 4 nitrogen and oxygen atoms in total. The lowest BCUT2D eigenvalue weighted by atomic mass is 10.1. The summed E-state index contributed by atoms with van der Waals surface area (Å²) in [6, 6.07) is 13.0. The third kappa shape index (κ3) is 5.49. The van der Waals surface area contributed by atoms with Gasteiger partial charge in [-0.3, -0.25) is 4.90 Å². The Morgan fingerprint density at radius 2 is 1.90 bits per heavy atom. The number of ether oxygens (including phenoxy) is 1. The van der Waals surface area contributed by atoms with E-state index in [0.29, 0.717) is 6.61 Å². The molecule has 0 saturated carbocycles. The maximum Gasteiger partial charge on any atom is 0.183 e. The van der Waals surface area contributed by atoms with Gasteiger partial charge in [-0.2, -0.15) is 0 Å². The van der Waals surface area contributed by atoms with Crippen LogP contribution >= 0.6 is 11.3 Å². The monoisotopic (exact) mass is 409 g/mol. The minimum Gasteiger partial charge on any atom is -0.494 e. The summed E-state index contributed by atoms with van der Waals surface area (Å²) in [6.45, 7) is 9.35. The summed E-state index contributed by atoms with van der Waals surface area (Å²) in [7, 11) is 0. The van der Waals surface area contributed by atoms with Gasteiger partial charge in [0.05, 0.1) is 16.8 Å². The lowest BCUT2D eigenvalue weighted by molar-refractivity contribution is 0.220. The first-order valence-electron chi connectivity index (χ1n) is 10.7. The van der Waals surface area contributed by atoms with Gasteiger partial charge in [0.2, 0.25) is 0 Å². The summed E-state index contributed by atoms with van der Waals surface area (Å²) < 4.78 is 7.24. The second-order valence-electron chi connectivity index (χ2n) is 8.04. The third-order valence-corrected chi connectivity index (χ3v) is 6.60. The molecular weight excluding hydrogens is 378 g/mol. The smallest absolute Gasteiger partial charge is 0.183 e. The number of benzene rings is 2. The van der Waals surface area contributed by atoms with E-state index in [9.17, 15) is 0 Å². The Labute approximate surface area is 177 Å². The first kappa shape index (κ1) is 20.2. The normalized spacial score (nSPS) is 15.0. The number of fused-ring (bicyclic) bond motifs is 1. The number of nitrogens with zero attached hydrogens (tertiary/aromatic N) is 2. The SMILES string of the molecule is Cc1cc2nc(NCCCOc3cccc(CN4CCCCC4)c3)sc2cc1C. The van der Waals surface area contributed by atoms with Crippen molar-refractivity contribution in [3.05, 3.63) is 53.1 Å². The van der Waals surface area contributed by atoms with E-state index < -0.39 is 0 Å². The number of hydrogen-bond donors (Lipinski definition) is 1. The number of anilines is 1. The summed E-state index contributed by atoms with van der Waals surface area (Å²) in [5.74, 6) is 0.977. The van der Waals surface area contributed by atoms with Gasteiger partial charge in [0.15, 0.2) is 5.13 Å². The molecule has 0 atom stereocenters. The molecule has 3 aromatic rings. The summed E-state index contributed by atoms with van der Waals surface area (Å²) in [5, 5.41) is 4.44. The molecule has 2 heterocycles. The number of hydrogen-bond acceptors (Lipinski definition) is 5. The molecule has 2 aromatic carbocycles. The van der Waals surface area contributed by atoms with Gasteiger partial charge in [0, 0.05) is 13.1 Å². The topological polar surface area (TPSA) is 37.4 Å². The molecule has 0 amide bonds. The van der Waals surface area contributed by atoms with Gasteiger partial charge in [-0.15, -0.1) is 0 Å². The molecule has 154 valence electrons. The van der Waals surface area contributed by atoms with Crippen LogP contribution in [0.3, 0.4) is 0 Å². The fourth-order valence-corrected chi connectivity index (χ4v) is 4.79. The fraction of sp³-hybridized carbons (Fsp3) is 0.458. The van der Waals surface area contributed by atoms with Crippen molar-refractivity contribution in [3.8, 4) is 5.75 Å². The van der Waals surface area contributed by atoms with Crippen LogP contribution in [0.25, 0.3) is 10.2 Å². The maximum atomic E-state index is 5.99. The predicted molar refractivity (Wildman–Crippen MR) is 123 cm³/mol. The molecule has 0 spiro atoms. The molecule has 1 fully saturated rings. The summed E-state index contributed by atoms with van der Waals surface area (Å²) in [4.78, 5) is 7.25. The highest BCUT2D eigenvalue weighted by molar-refractivity contribution is 7.22. The van der Waals surface area contributed by atoms with E-state index in [4.69, 9.17) is 9.72 Å². The Morgan fingerprint density at radius 1 is 1.07 bits per heavy atom. The van der Waals surface area contributed by atoms with Crippen molar-refractivity contribution in [1.29, 1.82) is 0 Å². The maximum absolute atomic E-state index is 5.99. The van der Waals surface area contributed by atoms with Gasteiger partial charge in [-0.05, 0) is 87.2 Å². The van der Waals surface area contributed by atoms with Crippen LogP contribution in [0, 0.1) is 13.8 Å². The van der Waals surface area contributed by atoms with Crippen molar-refractivity contribution >= 4 is 26.7 Å². The van der Waals surface area contributed by atoms with Crippen molar-refractivity contribution in [2.45, 2.75) is 46.1 Å². The zero-order valence-corrected chi connectivity index (χ0v) is 18.4. The van der Waals surface area contributed by atoms with Gasteiger partial charge in [-0.25, -0.2) is 4.98 Å². The molecule has 1 aromatic heterocycles. The average molecular weight is 410 g/mol. The Kier molecular flexibility index (Phi) is 6.67. The van der Waals surface area contributed by atoms with E-state index in [2.05, 4.69) is 60.5 Å². The van der Waals surface area contributed by atoms with E-state index in [-0.39, 0.29) is 0 Å². The van der Waals surface area contributed by atoms with Crippen LogP contribution in [0.2, 0.25) is 0 Å². The zero-order valence-electron chi connectivity index (χ0n) is 17.5. The quantitative estimate of drug-likeness (QED) is 0.479. The molecule has 4 rings (SSSR count). The number of thiazole rings is 1. The van der Waals surface area contributed by atoms with Gasteiger partial charge in [-0.1, -0.05) is 29.9 Å². The highest BCUT2D eigenvalue weighted by Gasteiger charge is 2.10. The minimum absolute atomic E-state index is 0.712. The number of nitrogens with one attached hydrogen (secondary N) is 1. The van der Waals surface area contributed by atoms with E-state index >= 15 is 0 Å². The Bertz CT molecular complexity index is 907. The van der Waals surface area contributed by atoms with Gasteiger partial charge >= 0.3 is 0 Å². The first-order valence-corrected chi connectivity index (χ1v) is 11.5. The van der Waals surface area contributed by atoms with Crippen LogP contribution in [0.1, 0.15) is 42.4 Å². The van der Waals surface area contributed by atoms with Crippen molar-refractivity contribution < 1.29 is 4.74 Å². The van der Waals surface area contributed by atoms with Crippen LogP contribution in [-0.2, 0) is 6.54 Å². The average Bonchev–Trinajstić information content (AvgIpc) is 3.10. The molecule has 0 bridgehead atoms. The third-order valence-electron chi connectivity index (χ3n) is 5.62. The van der Waals surface area contributed by atoms with Gasteiger partial charge in [0.1, 0.15) is 5.75 Å². The van der Waals surface area contributed by atoms with Gasteiger partial charge in [0.25, 0.3) is 0 Å². The molecular formula is C24H31N3OS. The molecule has 5 heteroatoms. The molecule has 29 heavy (non-hydrogen) atoms. The number of aryl methyl sites for hydroxylation is 2. The van der Waals surface area contributed by atoms with E-state index in [1.165, 1.54) is 53.7 Å². The molecule has 0 unspecified atom stereocenters. The highest BCUT2D eigenvalue weighted by atomic mass is 32.1. The second kappa shape index (κ2) is 9.59. The number of rotatable bonds is 8. The number of piperidine rings is 1. The fourth-order valence-electron chi connectivity index (χ4n) is 3.82. The van der Waals surface area contributed by atoms with Crippen molar-refractivity contribution in [3.63, 3.8) is 0 Å². The predicted octanol–water partition coefficient (Wildman–Crippen LogP) is 5.78. The summed E-state index contributed by atoms with van der Waals surface area (Å²) >= 11 is 1.73. The van der Waals surface area contributed by atoms with E-state index in [1.54, 1.807) is 11.3 Å². The molecule has 1 N–H and O–H groups in total. The van der Waals surface area contributed by atoms with Crippen molar-refractivity contribution in [2.24, 2.45) is 0 Å². The van der Waals surface area contributed by atoms with Crippen LogP contribution in [-0.4, -0.2) is 36.1 Å². The number of aromatic nitrogens is 1. The Hall–Kier alpha value is -2.11. The molecule has 0 radical (unpaired) electrons. The van der Waals surface area contributed by atoms with E-state index in [0.717, 1.165) is 35.9 Å². The van der Waals surface area contributed by atoms with Crippen molar-refractivity contribution in [1.82, 2.24) is 9.88 Å². The minimum atomic E-state index is 0.712. The summed E-state index contributed by atoms with van der Waals surface area (Å²) in [6.07, 6.45) is 4.99. The largest absolute Gasteiger partial charge is 0.494 e. The molecule has 1 aliphatic rings. The Balaban J connectivity index is 1.22. The molecule has 1 aliphatic heterocycles. The Morgan fingerprint density at radius 3 is 2.76 bits per heavy atom. The van der Waals surface area contributed by atoms with Crippen LogP contribution in [0.4, 0.5) is 5.13 Å².